The van der Waals surface area contributed by atoms with Crippen LogP contribution >= 0.6 is 0 Å². The molecule has 1 N–H and O–H groups in total. The highest BCUT2D eigenvalue weighted by Crippen LogP contribution is 2.44. The standard InChI is InChI=1S/C33H44N6O12S/c1-31(2,3)50-29(41)37-26-23-27(35-16-34-26)38(17-36-23)28-25-24(48-33(7,8)49-25)22(47-28)14-39(30(42)51-32(4,5)6)52(43,44)15-20(40)19-12-10-11-13-21(19)46-18-45-9/h10-13,16-17,22,24-25,28H,14-15,18H2,1-9H3,(H,34,35,37,41)/t22-,24-,25-,28-/m1/s1. The fourth-order valence-corrected chi connectivity index (χ4v) is 6.89. The maximum Gasteiger partial charge on any atom is 0.424 e. The van der Waals surface area contributed by atoms with Crippen LogP contribution in [0.4, 0.5) is 15.4 Å². The van der Waals surface area contributed by atoms with Crippen molar-refractivity contribution in [3.05, 3.63) is 42.5 Å². The van der Waals surface area contributed by atoms with Gasteiger partial charge in [-0.05, 0) is 67.5 Å². The van der Waals surface area contributed by atoms with Crippen LogP contribution in [0.1, 0.15) is 72.0 Å². The third kappa shape index (κ3) is 8.95. The topological polar surface area (TPSA) is 209 Å². The first-order valence-corrected chi connectivity index (χ1v) is 17.9. The van der Waals surface area contributed by atoms with Crippen LogP contribution in [0.3, 0.4) is 0 Å². The van der Waals surface area contributed by atoms with E-state index < -0.39 is 81.8 Å². The second kappa shape index (κ2) is 14.5. The Morgan fingerprint density at radius 1 is 0.981 bits per heavy atom. The second-order valence-corrected chi connectivity index (χ2v) is 16.4. The molecule has 2 fully saturated rings. The number of methoxy groups -OCH3 is 1. The Morgan fingerprint density at radius 3 is 2.33 bits per heavy atom. The molecule has 52 heavy (non-hydrogen) atoms. The molecule has 0 aliphatic carbocycles. The number of nitrogens with one attached hydrogen (secondary N) is 1. The predicted octanol–water partition coefficient (Wildman–Crippen LogP) is 4.02. The number of amides is 2. The largest absolute Gasteiger partial charge is 0.467 e. The summed E-state index contributed by atoms with van der Waals surface area (Å²) >= 11 is 0. The first-order chi connectivity index (χ1) is 24.2. The monoisotopic (exact) mass is 748 g/mol. The molecule has 4 atom stereocenters. The smallest absolute Gasteiger partial charge is 0.424 e. The number of imidazole rings is 1. The fraction of sp³-hybridized carbons (Fsp3) is 0.576. The lowest BCUT2D eigenvalue weighted by atomic mass is 10.1. The van der Waals surface area contributed by atoms with Crippen molar-refractivity contribution < 1.29 is 56.0 Å². The molecule has 0 radical (unpaired) electrons. The molecule has 2 aliphatic heterocycles. The molecule has 284 valence electrons. The molecule has 0 bridgehead atoms. The van der Waals surface area contributed by atoms with Gasteiger partial charge in [-0.25, -0.2) is 37.3 Å². The molecule has 1 aromatic carbocycles. The number of rotatable bonds is 11. The zero-order valence-electron chi connectivity index (χ0n) is 30.4. The van der Waals surface area contributed by atoms with E-state index in [9.17, 15) is 22.8 Å². The molecule has 4 heterocycles. The van der Waals surface area contributed by atoms with Gasteiger partial charge in [-0.1, -0.05) is 12.1 Å². The molecule has 3 aromatic rings. The lowest BCUT2D eigenvalue weighted by Gasteiger charge is -2.30. The van der Waals surface area contributed by atoms with Crippen LogP contribution in [0.15, 0.2) is 36.9 Å². The lowest BCUT2D eigenvalue weighted by Crippen LogP contribution is -2.49. The predicted molar refractivity (Wildman–Crippen MR) is 183 cm³/mol. The van der Waals surface area contributed by atoms with Crippen molar-refractivity contribution >= 4 is 45.0 Å². The average molecular weight is 749 g/mol. The van der Waals surface area contributed by atoms with Gasteiger partial charge in [0, 0.05) is 7.11 Å². The fourth-order valence-electron chi connectivity index (χ4n) is 5.60. The summed E-state index contributed by atoms with van der Waals surface area (Å²) in [6.45, 7) is 12.5. The molecule has 5 rings (SSSR count). The van der Waals surface area contributed by atoms with Crippen LogP contribution in [-0.4, -0.2) is 112 Å². The molecule has 2 amide bonds. The lowest BCUT2D eigenvalue weighted by molar-refractivity contribution is -0.196. The van der Waals surface area contributed by atoms with Gasteiger partial charge in [0.05, 0.1) is 18.4 Å². The molecule has 0 spiro atoms. The third-order valence-electron chi connectivity index (χ3n) is 7.49. The number of aromatic nitrogens is 4. The highest BCUT2D eigenvalue weighted by molar-refractivity contribution is 7.90. The summed E-state index contributed by atoms with van der Waals surface area (Å²) < 4.78 is 70.0. The van der Waals surface area contributed by atoms with E-state index in [2.05, 4.69) is 20.3 Å². The second-order valence-electron chi connectivity index (χ2n) is 14.5. The van der Waals surface area contributed by atoms with Crippen LogP contribution in [-0.2, 0) is 38.4 Å². The van der Waals surface area contributed by atoms with Crippen molar-refractivity contribution in [2.45, 2.75) is 96.9 Å². The van der Waals surface area contributed by atoms with E-state index in [1.165, 1.54) is 36.5 Å². The number of ether oxygens (including phenoxy) is 7. The summed E-state index contributed by atoms with van der Waals surface area (Å²) in [7, 11) is -3.30. The maximum atomic E-state index is 14.0. The quantitative estimate of drug-likeness (QED) is 0.217. The summed E-state index contributed by atoms with van der Waals surface area (Å²) in [5, 5.41) is 2.58. The normalized spacial score (nSPS) is 21.4. The number of hydrogen-bond donors (Lipinski definition) is 1. The molecule has 0 unspecified atom stereocenters. The van der Waals surface area contributed by atoms with Gasteiger partial charge >= 0.3 is 12.2 Å². The van der Waals surface area contributed by atoms with Crippen molar-refractivity contribution in [1.82, 2.24) is 23.8 Å². The molecular weight excluding hydrogens is 704 g/mol. The molecule has 2 aliphatic rings. The SMILES string of the molecule is COCOc1ccccc1C(=O)CS(=O)(=O)N(C[C@H]1O[C@@H](n2cnc3c(NC(=O)OC(C)(C)C)ncnc32)[C@@H]2OC(C)(C)O[C@@H]21)C(=O)OC(C)(C)C. The van der Waals surface area contributed by atoms with Crippen LogP contribution in [0.25, 0.3) is 11.2 Å². The van der Waals surface area contributed by atoms with Crippen molar-refractivity contribution in [1.29, 1.82) is 0 Å². The van der Waals surface area contributed by atoms with Gasteiger partial charge in [0.1, 0.15) is 47.3 Å². The summed E-state index contributed by atoms with van der Waals surface area (Å²) in [5.74, 6) is -2.87. The van der Waals surface area contributed by atoms with E-state index >= 15 is 0 Å². The minimum absolute atomic E-state index is 0.0201. The van der Waals surface area contributed by atoms with E-state index in [0.29, 0.717) is 4.31 Å². The van der Waals surface area contributed by atoms with Gasteiger partial charge in [-0.2, -0.15) is 0 Å². The van der Waals surface area contributed by atoms with Gasteiger partial charge in [-0.3, -0.25) is 14.7 Å². The number of nitrogens with zero attached hydrogens (tertiary/aromatic N) is 5. The van der Waals surface area contributed by atoms with E-state index in [-0.39, 0.29) is 35.1 Å². The van der Waals surface area contributed by atoms with Crippen LogP contribution in [0, 0.1) is 0 Å². The van der Waals surface area contributed by atoms with Gasteiger partial charge in [-0.15, -0.1) is 0 Å². The number of carbonyl (C=O) groups excluding carboxylic acids is 3. The number of para-hydroxylation sites is 1. The average Bonchev–Trinajstić information content (AvgIpc) is 3.67. The molecular formula is C33H44N6O12S. The van der Waals surface area contributed by atoms with Crippen molar-refractivity contribution in [2.75, 3.05) is 31.5 Å². The minimum Gasteiger partial charge on any atom is -0.467 e. The van der Waals surface area contributed by atoms with Crippen molar-refractivity contribution in [3.63, 3.8) is 0 Å². The third-order valence-corrected chi connectivity index (χ3v) is 9.09. The summed E-state index contributed by atoms with van der Waals surface area (Å²) in [6.07, 6.45) is -3.21. The number of sulfonamides is 1. The zero-order chi connectivity index (χ0) is 38.2. The van der Waals surface area contributed by atoms with Crippen LogP contribution in [0.2, 0.25) is 0 Å². The number of hydrogen-bond acceptors (Lipinski definition) is 15. The molecule has 2 aromatic heterocycles. The number of Topliss-reactive ketones (excluding diaryl/α,β-unsaturated/α-hetero) is 1. The van der Waals surface area contributed by atoms with Gasteiger partial charge in [0.15, 0.2) is 41.6 Å². The Morgan fingerprint density at radius 2 is 1.65 bits per heavy atom. The van der Waals surface area contributed by atoms with Crippen molar-refractivity contribution in [2.24, 2.45) is 0 Å². The van der Waals surface area contributed by atoms with Gasteiger partial charge in [0.25, 0.3) is 0 Å². The number of ketones is 1. The first kappa shape index (κ1) is 38.8. The minimum atomic E-state index is -4.71. The van der Waals surface area contributed by atoms with Crippen molar-refractivity contribution in [3.8, 4) is 5.75 Å². The highest BCUT2D eigenvalue weighted by Gasteiger charge is 2.57. The summed E-state index contributed by atoms with van der Waals surface area (Å²) in [4.78, 5) is 52.4. The summed E-state index contributed by atoms with van der Waals surface area (Å²) in [5.41, 5.74) is -1.42. The molecule has 2 saturated heterocycles. The van der Waals surface area contributed by atoms with Gasteiger partial charge in [0.2, 0.25) is 10.0 Å². The number of carbonyl (C=O) groups is 3. The Kier molecular flexibility index (Phi) is 10.8. The molecule has 19 heteroatoms. The number of benzene rings is 1. The highest BCUT2D eigenvalue weighted by atomic mass is 32.2. The van der Waals surface area contributed by atoms with E-state index in [4.69, 9.17) is 33.2 Å². The number of anilines is 1. The summed E-state index contributed by atoms with van der Waals surface area (Å²) in [6, 6.07) is 6.08. The Labute approximate surface area is 301 Å². The van der Waals surface area contributed by atoms with Crippen LogP contribution in [0.5, 0.6) is 5.75 Å². The molecule has 18 nitrogen and oxygen atoms in total. The van der Waals surface area contributed by atoms with E-state index in [0.717, 1.165) is 0 Å². The van der Waals surface area contributed by atoms with E-state index in [1.807, 2.05) is 0 Å². The zero-order valence-corrected chi connectivity index (χ0v) is 31.3. The molecule has 0 saturated carbocycles. The van der Waals surface area contributed by atoms with Crippen LogP contribution < -0.4 is 10.1 Å². The number of fused-ring (bicyclic) bond motifs is 2. The van der Waals surface area contributed by atoms with Gasteiger partial charge < -0.3 is 33.2 Å². The Balaban J connectivity index is 1.46. The first-order valence-electron chi connectivity index (χ1n) is 16.3. The Bertz CT molecular complexity index is 1920. The maximum absolute atomic E-state index is 14.0. The van der Waals surface area contributed by atoms with E-state index in [1.54, 1.807) is 67.5 Å². The Hall–Kier alpha value is -4.43.